The minimum absolute atomic E-state index is 0.00520. The van der Waals surface area contributed by atoms with Crippen LogP contribution in [0.5, 0.6) is 0 Å². The van der Waals surface area contributed by atoms with E-state index in [0.29, 0.717) is 30.7 Å². The van der Waals surface area contributed by atoms with Crippen LogP contribution in [-0.4, -0.2) is 202 Å². The molecule has 2 aliphatic rings. The van der Waals surface area contributed by atoms with Gasteiger partial charge < -0.3 is 91.3 Å². The molecule has 0 saturated carbocycles. The summed E-state index contributed by atoms with van der Waals surface area (Å²) >= 11 is 1.35. The number of hydrogen-bond acceptors (Lipinski definition) is 18. The maximum absolute atomic E-state index is 15.0. The van der Waals surface area contributed by atoms with Gasteiger partial charge in [0, 0.05) is 51.2 Å². The molecule has 20 N–H and O–H groups in total. The van der Waals surface area contributed by atoms with Gasteiger partial charge in [-0.25, -0.2) is 4.98 Å². The lowest BCUT2D eigenvalue weighted by Gasteiger charge is -2.37. The van der Waals surface area contributed by atoms with E-state index < -0.39 is 206 Å². The number of nitrogens with two attached hydrogens (primary N) is 4. The van der Waals surface area contributed by atoms with Gasteiger partial charge in [-0.3, -0.25) is 71.9 Å². The van der Waals surface area contributed by atoms with E-state index in [1.54, 1.807) is 34.0 Å². The van der Waals surface area contributed by atoms with Crippen molar-refractivity contribution in [3.8, 4) is 0 Å². The Morgan fingerprint density at radius 1 is 0.756 bits per heavy atom. The number of hydrogen-bond donors (Lipinski definition) is 16. The molecule has 0 bridgehead atoms. The van der Waals surface area contributed by atoms with Crippen molar-refractivity contribution < 1.29 is 71.9 Å². The van der Waals surface area contributed by atoms with Crippen LogP contribution in [0.1, 0.15) is 131 Å². The molecule has 15 amide bonds. The second-order valence-electron chi connectivity index (χ2n) is 22.7. The number of unbranched alkanes of at least 4 members (excludes halogenated alkanes) is 1. The Morgan fingerprint density at radius 3 is 1.98 bits per heavy atom. The summed E-state index contributed by atoms with van der Waals surface area (Å²) < 4.78 is 0. The van der Waals surface area contributed by atoms with Gasteiger partial charge in [-0.1, -0.05) is 40.5 Å². The third-order valence-corrected chi connectivity index (χ3v) is 16.3. The molecule has 0 unspecified atom stereocenters. The van der Waals surface area contributed by atoms with Crippen LogP contribution in [0.3, 0.4) is 0 Å². The minimum Gasteiger partial charge on any atom is -0.370 e. The Balaban J connectivity index is 2.31. The van der Waals surface area contributed by atoms with Crippen LogP contribution >= 0.6 is 11.8 Å². The summed E-state index contributed by atoms with van der Waals surface area (Å²) in [6.07, 6.45) is 2.97. The quantitative estimate of drug-likeness (QED) is 0.0406. The lowest BCUT2D eigenvalue weighted by atomic mass is 9.94. The van der Waals surface area contributed by atoms with Gasteiger partial charge in [0.1, 0.15) is 59.9 Å². The highest BCUT2D eigenvalue weighted by Crippen LogP contribution is 2.31. The fraction of sp³-hybridized carbons (Fsp3) is 0.679. The van der Waals surface area contributed by atoms with Crippen LogP contribution < -0.4 is 81.4 Å². The fourth-order valence-electron chi connectivity index (χ4n) is 9.94. The van der Waals surface area contributed by atoms with Crippen molar-refractivity contribution in [1.29, 1.82) is 0 Å². The number of carbonyl (C=O) groups excluding carboxylic acids is 15. The van der Waals surface area contributed by atoms with E-state index in [9.17, 15) is 71.9 Å². The number of primary amides is 3. The molecule has 2 saturated heterocycles. The van der Waals surface area contributed by atoms with Crippen LogP contribution in [-0.2, 0) is 78.3 Å². The fourth-order valence-corrected chi connectivity index (χ4v) is 10.4. The van der Waals surface area contributed by atoms with Gasteiger partial charge in [0.25, 0.3) is 0 Å². The maximum atomic E-state index is 15.0. The third kappa shape index (κ3) is 24.2. The normalized spacial score (nSPS) is 24.5. The van der Waals surface area contributed by atoms with E-state index in [-0.39, 0.29) is 51.6 Å². The summed E-state index contributed by atoms with van der Waals surface area (Å²) in [5.41, 5.74) is 21.0. The number of thioether (sulfide) groups is 1. The predicted molar refractivity (Wildman–Crippen MR) is 326 cm³/mol. The van der Waals surface area contributed by atoms with Gasteiger partial charge >= 0.3 is 0 Å². The smallest absolute Gasteiger partial charge is 0.246 e. The molecule has 12 atom stereocenters. The molecular weight excluding hydrogens is 1200 g/mol. The molecule has 2 fully saturated rings. The number of aromatic nitrogens is 2. The van der Waals surface area contributed by atoms with E-state index >= 15 is 0 Å². The molecule has 2 aliphatic heterocycles. The molecular formula is C56H92N18O15S. The predicted octanol–water partition coefficient (Wildman–Crippen LogP) is -5.66. The van der Waals surface area contributed by atoms with Gasteiger partial charge in [0.2, 0.25) is 88.6 Å². The largest absolute Gasteiger partial charge is 0.370 e. The van der Waals surface area contributed by atoms with E-state index in [0.717, 1.165) is 0 Å². The SMILES string of the molecule is CC[C@H](C)[C@H](NC(=O)[C@@H]1CNC(=O)C[C@H](NC(=O)[C@H](CCSC)NC(C)=O)C(=O)N[C@@H]([C@@H](C)CC)C(=O)N[C@@H](CCCCN)C(=O)N2CCC[C@@]2(C)C(=O)N[C@@H](Cc2cnc[nH]2)C(=O)N[C@@H](CCC(N)=O)C(=O)NCC(=O)N[C@@H](CCC(N)=O)C(=O)N1)C(N)=O. The van der Waals surface area contributed by atoms with Crippen molar-refractivity contribution in [2.45, 2.75) is 191 Å². The van der Waals surface area contributed by atoms with Crippen LogP contribution in [0, 0.1) is 11.8 Å². The molecule has 0 aromatic carbocycles. The molecule has 1 aromatic heterocycles. The summed E-state index contributed by atoms with van der Waals surface area (Å²) in [7, 11) is 0. The van der Waals surface area contributed by atoms with Crippen molar-refractivity contribution >= 4 is 100 Å². The Kier molecular flexibility index (Phi) is 31.6. The highest BCUT2D eigenvalue weighted by Gasteiger charge is 2.49. The van der Waals surface area contributed by atoms with Gasteiger partial charge in [-0.2, -0.15) is 11.8 Å². The van der Waals surface area contributed by atoms with Crippen LogP contribution in [0.4, 0.5) is 0 Å². The number of imidazole rings is 1. The Labute approximate surface area is 526 Å². The molecule has 90 heavy (non-hydrogen) atoms. The topological polar surface area (TPSA) is 524 Å². The minimum atomic E-state index is -1.85. The molecule has 0 spiro atoms. The first-order valence-corrected chi connectivity index (χ1v) is 31.5. The molecule has 33 nitrogen and oxygen atoms in total. The average Bonchev–Trinajstić information content (AvgIpc) is 1.98. The molecule has 502 valence electrons. The first-order valence-electron chi connectivity index (χ1n) is 30.1. The van der Waals surface area contributed by atoms with Crippen molar-refractivity contribution in [2.24, 2.45) is 34.8 Å². The summed E-state index contributed by atoms with van der Waals surface area (Å²) in [6.45, 7) is 7.74. The summed E-state index contributed by atoms with van der Waals surface area (Å²) in [6, 6.07) is -13.9. The molecule has 0 radical (unpaired) electrons. The second kappa shape index (κ2) is 37.5. The van der Waals surface area contributed by atoms with Gasteiger partial charge in [-0.15, -0.1) is 0 Å². The van der Waals surface area contributed by atoms with Crippen LogP contribution in [0.2, 0.25) is 0 Å². The monoisotopic (exact) mass is 1290 g/mol. The first-order chi connectivity index (χ1) is 42.5. The van der Waals surface area contributed by atoms with Crippen molar-refractivity contribution in [1.82, 2.24) is 73.4 Å². The van der Waals surface area contributed by atoms with Crippen molar-refractivity contribution in [3.63, 3.8) is 0 Å². The van der Waals surface area contributed by atoms with Gasteiger partial charge in [-0.05, 0) is 88.7 Å². The number of nitrogens with one attached hydrogen (secondary N) is 12. The van der Waals surface area contributed by atoms with Crippen LogP contribution in [0.15, 0.2) is 12.5 Å². The van der Waals surface area contributed by atoms with Crippen molar-refractivity contribution in [2.75, 3.05) is 38.2 Å². The summed E-state index contributed by atoms with van der Waals surface area (Å²) in [5, 5.41) is 27.6. The Morgan fingerprint density at radius 2 is 1.40 bits per heavy atom. The summed E-state index contributed by atoms with van der Waals surface area (Å²) in [5.74, 6) is -15.2. The first kappa shape index (κ1) is 75.8. The van der Waals surface area contributed by atoms with Crippen LogP contribution in [0.25, 0.3) is 0 Å². The van der Waals surface area contributed by atoms with Crippen molar-refractivity contribution in [3.05, 3.63) is 18.2 Å². The standard InChI is InChI=1S/C56H92N18O15S/c1-8-29(3)44(46(60)80)72-52(86)39-26-62-42(78)24-38(69-49(83)35(18-22-90-7)65-31(5)75)51(85)73-45(30(4)9-2)53(87)68-36(13-10-11-20-57)54(88)74-21-12-19-56(74,6)55(89)71-37(23-32-25-61-28-64-32)50(84)67-33(14-16-40(58)76)47(81)63-27-43(79)66-34(48(82)70-39)15-17-41(59)77/h25,28-30,33-39,44-45H,8-24,26-27,57H2,1-7H3,(H2,58,76)(H2,59,77)(H2,60,80)(H,61,64)(H,62,78)(H,63,81)(H,65,75)(H,66,79)(H,67,84)(H,68,87)(H,69,83)(H,70,82)(H,71,89)(H,72,86)(H,73,85)/t29-,30-,33-,34-,35-,36-,37-,38-,39-,44-,45-,56-/m0/s1. The number of aromatic amines is 1. The molecule has 3 heterocycles. The average molecular weight is 1290 g/mol. The highest BCUT2D eigenvalue weighted by molar-refractivity contribution is 7.98. The number of rotatable bonds is 25. The van der Waals surface area contributed by atoms with E-state index in [4.69, 9.17) is 22.9 Å². The highest BCUT2D eigenvalue weighted by atomic mass is 32.2. The molecule has 1 aromatic rings. The van der Waals surface area contributed by atoms with E-state index in [1.165, 1.54) is 43.0 Å². The zero-order chi connectivity index (χ0) is 67.4. The second-order valence-corrected chi connectivity index (χ2v) is 23.7. The van der Waals surface area contributed by atoms with E-state index in [2.05, 4.69) is 68.5 Å². The van der Waals surface area contributed by atoms with Gasteiger partial charge in [0.15, 0.2) is 0 Å². The lowest BCUT2D eigenvalue weighted by molar-refractivity contribution is -0.147. The maximum Gasteiger partial charge on any atom is 0.246 e. The Bertz CT molecular complexity index is 2720. The number of fused-ring (bicyclic) bond motifs is 1. The Hall–Kier alpha value is -8.43. The lowest BCUT2D eigenvalue weighted by Crippen LogP contribution is -2.64. The number of nitrogens with zero attached hydrogens (tertiary/aromatic N) is 2. The molecule has 0 aliphatic carbocycles. The van der Waals surface area contributed by atoms with E-state index in [1.807, 2.05) is 0 Å². The molecule has 3 rings (SSSR count). The zero-order valence-corrected chi connectivity index (χ0v) is 53.0. The number of H-pyrrole nitrogens is 1. The zero-order valence-electron chi connectivity index (χ0n) is 52.2. The number of amides is 15. The van der Waals surface area contributed by atoms with Gasteiger partial charge in [0.05, 0.1) is 19.3 Å². The number of carbonyl (C=O) groups is 15. The molecule has 34 heteroatoms. The third-order valence-electron chi connectivity index (χ3n) is 15.7. The summed E-state index contributed by atoms with van der Waals surface area (Å²) in [4.78, 5) is 215.